The number of halogens is 2. The molecule has 2 aliphatic rings. The summed E-state index contributed by atoms with van der Waals surface area (Å²) in [7, 11) is 1.80. The molecule has 1 aromatic heterocycles. The Morgan fingerprint density at radius 1 is 1.29 bits per heavy atom. The van der Waals surface area contributed by atoms with Crippen LogP contribution in [-0.4, -0.2) is 43.7 Å². The number of ether oxygens (including phenoxy) is 1. The number of aryl methyl sites for hydroxylation is 1. The molecule has 2 heterocycles. The second-order valence-electron chi connectivity index (χ2n) is 7.65. The first kappa shape index (κ1) is 21.4. The van der Waals surface area contributed by atoms with Crippen molar-refractivity contribution in [2.24, 2.45) is 10.9 Å². The monoisotopic (exact) mass is 501 g/mol. The minimum atomic E-state index is -0.242. The summed E-state index contributed by atoms with van der Waals surface area (Å²) in [6.45, 7) is 5.32. The number of furan rings is 1. The number of nitrogens with one attached hydrogen (secondary N) is 1. The average Bonchev–Trinajstić information content (AvgIpc) is 3.47. The van der Waals surface area contributed by atoms with Crippen molar-refractivity contribution in [3.8, 4) is 0 Å². The molecule has 1 aromatic carbocycles. The zero-order valence-electron chi connectivity index (χ0n) is 16.5. The maximum atomic E-state index is 13.5. The van der Waals surface area contributed by atoms with Gasteiger partial charge < -0.3 is 19.4 Å². The van der Waals surface area contributed by atoms with E-state index in [1.807, 2.05) is 6.92 Å². The predicted octanol–water partition coefficient (Wildman–Crippen LogP) is 4.46. The van der Waals surface area contributed by atoms with Crippen molar-refractivity contribution < 1.29 is 13.5 Å². The lowest BCUT2D eigenvalue weighted by molar-refractivity contribution is 0.0131. The third-order valence-corrected chi connectivity index (χ3v) is 5.62. The molecule has 28 heavy (non-hydrogen) atoms. The molecule has 0 spiro atoms. The van der Waals surface area contributed by atoms with E-state index in [1.165, 1.54) is 25.0 Å². The molecule has 0 unspecified atom stereocenters. The van der Waals surface area contributed by atoms with Gasteiger partial charge in [0.05, 0.1) is 12.6 Å². The molecule has 0 amide bonds. The van der Waals surface area contributed by atoms with Crippen LogP contribution < -0.4 is 5.32 Å². The van der Waals surface area contributed by atoms with Gasteiger partial charge in [0.1, 0.15) is 17.2 Å². The van der Waals surface area contributed by atoms with Crippen molar-refractivity contribution in [2.75, 3.05) is 26.7 Å². The zero-order chi connectivity index (χ0) is 18.8. The van der Waals surface area contributed by atoms with Crippen LogP contribution in [0.2, 0.25) is 0 Å². The van der Waals surface area contributed by atoms with Gasteiger partial charge in [-0.15, -0.1) is 24.0 Å². The highest BCUT2D eigenvalue weighted by atomic mass is 127. The summed E-state index contributed by atoms with van der Waals surface area (Å²) >= 11 is 0. The molecule has 2 aromatic rings. The van der Waals surface area contributed by atoms with E-state index in [2.05, 4.69) is 15.2 Å². The van der Waals surface area contributed by atoms with Crippen LogP contribution in [0.3, 0.4) is 0 Å². The third kappa shape index (κ3) is 4.97. The van der Waals surface area contributed by atoms with Crippen LogP contribution in [0.1, 0.15) is 37.0 Å². The number of hydrogen-bond donors (Lipinski definition) is 1. The lowest BCUT2D eigenvalue weighted by Gasteiger charge is -2.34. The zero-order valence-corrected chi connectivity index (χ0v) is 18.9. The number of hydrogen-bond acceptors (Lipinski definition) is 3. The molecule has 1 aliphatic heterocycles. The summed E-state index contributed by atoms with van der Waals surface area (Å²) in [4.78, 5) is 6.70. The fourth-order valence-corrected chi connectivity index (χ4v) is 3.69. The van der Waals surface area contributed by atoms with E-state index in [-0.39, 0.29) is 29.8 Å². The third-order valence-electron chi connectivity index (χ3n) is 5.62. The number of piperidine rings is 1. The van der Waals surface area contributed by atoms with Crippen molar-refractivity contribution >= 4 is 40.9 Å². The van der Waals surface area contributed by atoms with E-state index >= 15 is 0 Å². The van der Waals surface area contributed by atoms with E-state index in [0.717, 1.165) is 61.1 Å². The highest BCUT2D eigenvalue weighted by molar-refractivity contribution is 14.0. The van der Waals surface area contributed by atoms with Crippen LogP contribution in [-0.2, 0) is 11.3 Å². The highest BCUT2D eigenvalue weighted by Crippen LogP contribution is 2.30. The fourth-order valence-electron chi connectivity index (χ4n) is 3.69. The molecule has 154 valence electrons. The fraction of sp³-hybridized carbons (Fsp3) is 0.571. The Hall–Kier alpha value is -1.35. The minimum Gasteiger partial charge on any atom is -0.459 e. The van der Waals surface area contributed by atoms with Gasteiger partial charge in [0.15, 0.2) is 5.96 Å². The molecule has 0 atom stereocenters. The van der Waals surface area contributed by atoms with Gasteiger partial charge in [-0.3, -0.25) is 4.99 Å². The number of guanidine groups is 1. The van der Waals surface area contributed by atoms with Crippen LogP contribution in [0.5, 0.6) is 0 Å². The summed E-state index contributed by atoms with van der Waals surface area (Å²) in [5, 5.41) is 4.22. The topological polar surface area (TPSA) is 50.0 Å². The van der Waals surface area contributed by atoms with Crippen LogP contribution >= 0.6 is 24.0 Å². The molecule has 2 fully saturated rings. The first-order valence-electron chi connectivity index (χ1n) is 9.88. The Balaban J connectivity index is 0.00000225. The molecule has 1 saturated heterocycles. The molecule has 7 heteroatoms. The van der Waals surface area contributed by atoms with Crippen LogP contribution in [0.15, 0.2) is 27.6 Å². The van der Waals surface area contributed by atoms with Gasteiger partial charge in [0, 0.05) is 37.7 Å². The van der Waals surface area contributed by atoms with Gasteiger partial charge in [-0.25, -0.2) is 4.39 Å². The molecule has 0 bridgehead atoms. The molecule has 4 rings (SSSR count). The number of fused-ring (bicyclic) bond motifs is 1. The maximum absolute atomic E-state index is 13.5. The first-order valence-corrected chi connectivity index (χ1v) is 9.88. The summed E-state index contributed by atoms with van der Waals surface area (Å²) in [5.74, 6) is 2.27. The Labute approximate surface area is 182 Å². The Morgan fingerprint density at radius 3 is 2.71 bits per heavy atom. The lowest BCUT2D eigenvalue weighted by Crippen LogP contribution is -2.46. The molecular formula is C21H29FIN3O2. The van der Waals surface area contributed by atoms with Crippen LogP contribution in [0.4, 0.5) is 4.39 Å². The van der Waals surface area contributed by atoms with Gasteiger partial charge in [-0.05, 0) is 56.7 Å². The molecule has 1 saturated carbocycles. The van der Waals surface area contributed by atoms with Gasteiger partial charge in [0.25, 0.3) is 0 Å². The normalized spacial score (nSPS) is 18.4. The van der Waals surface area contributed by atoms with Crippen molar-refractivity contribution in [2.45, 2.75) is 45.3 Å². The van der Waals surface area contributed by atoms with E-state index in [4.69, 9.17) is 9.15 Å². The number of nitrogens with zero attached hydrogens (tertiary/aromatic N) is 2. The standard InChI is InChI=1S/C21H28FN3O2.HI/c1-14-18-11-16(22)5-6-19(18)27-20(14)12-24-21(23-2)25-9-7-17(8-10-25)26-13-15-3-4-15;/h5-6,11,15,17H,3-4,7-10,12-13H2,1-2H3,(H,23,24);1H. The molecule has 5 nitrogen and oxygen atoms in total. The number of benzene rings is 1. The molecule has 1 aliphatic carbocycles. The summed E-state index contributed by atoms with van der Waals surface area (Å²) < 4.78 is 25.4. The smallest absolute Gasteiger partial charge is 0.194 e. The Kier molecular flexibility index (Phi) is 7.20. The average molecular weight is 501 g/mol. The van der Waals surface area contributed by atoms with Gasteiger partial charge in [-0.1, -0.05) is 0 Å². The predicted molar refractivity (Wildman–Crippen MR) is 120 cm³/mol. The number of aliphatic imine (C=N–C) groups is 1. The maximum Gasteiger partial charge on any atom is 0.194 e. The first-order chi connectivity index (χ1) is 13.1. The summed E-state index contributed by atoms with van der Waals surface area (Å²) in [6.07, 6.45) is 5.13. The second kappa shape index (κ2) is 9.43. The molecular weight excluding hydrogens is 472 g/mol. The van der Waals surface area contributed by atoms with Crippen molar-refractivity contribution in [1.29, 1.82) is 0 Å². The van der Waals surface area contributed by atoms with Crippen molar-refractivity contribution in [3.63, 3.8) is 0 Å². The second-order valence-corrected chi connectivity index (χ2v) is 7.65. The number of rotatable bonds is 5. The van der Waals surface area contributed by atoms with Gasteiger partial charge in [-0.2, -0.15) is 0 Å². The SMILES string of the molecule is CN=C(NCc1oc2ccc(F)cc2c1C)N1CCC(OCC2CC2)CC1.I. The molecule has 1 N–H and O–H groups in total. The Morgan fingerprint density at radius 2 is 2.04 bits per heavy atom. The van der Waals surface area contributed by atoms with Crippen LogP contribution in [0.25, 0.3) is 11.0 Å². The van der Waals surface area contributed by atoms with Crippen LogP contribution in [0, 0.1) is 18.7 Å². The molecule has 0 radical (unpaired) electrons. The summed E-state index contributed by atoms with van der Waals surface area (Å²) in [6, 6.07) is 4.64. The van der Waals surface area contributed by atoms with Crippen molar-refractivity contribution in [1.82, 2.24) is 10.2 Å². The number of likely N-dealkylation sites (tertiary alicyclic amines) is 1. The van der Waals surface area contributed by atoms with E-state index in [9.17, 15) is 4.39 Å². The lowest BCUT2D eigenvalue weighted by atomic mass is 10.1. The minimum absolute atomic E-state index is 0. The largest absolute Gasteiger partial charge is 0.459 e. The van der Waals surface area contributed by atoms with E-state index in [0.29, 0.717) is 18.2 Å². The van der Waals surface area contributed by atoms with E-state index < -0.39 is 0 Å². The van der Waals surface area contributed by atoms with Crippen molar-refractivity contribution in [3.05, 3.63) is 35.3 Å². The summed E-state index contributed by atoms with van der Waals surface area (Å²) in [5.41, 5.74) is 1.69. The highest BCUT2D eigenvalue weighted by Gasteiger charge is 2.26. The Bertz CT molecular complexity index is 826. The van der Waals surface area contributed by atoms with Gasteiger partial charge >= 0.3 is 0 Å². The quantitative estimate of drug-likeness (QED) is 0.374. The van der Waals surface area contributed by atoms with E-state index in [1.54, 1.807) is 13.1 Å². The van der Waals surface area contributed by atoms with Gasteiger partial charge in [0.2, 0.25) is 0 Å².